The molecular formula is C22H22ClFN2O3. The highest BCUT2D eigenvalue weighted by molar-refractivity contribution is 6.30. The van der Waals surface area contributed by atoms with Crippen molar-refractivity contribution in [2.24, 2.45) is 0 Å². The molecule has 152 valence electrons. The SMILES string of the molecule is CN(CCCOc1ccc(Cl)cc1)C(=O)CCc1ncc(-c2ccc(F)cc2)o1. The molecule has 0 unspecified atom stereocenters. The topological polar surface area (TPSA) is 55.6 Å². The first kappa shape index (κ1) is 20.9. The fraction of sp³-hybridized carbons (Fsp3) is 0.273. The van der Waals surface area contributed by atoms with Gasteiger partial charge in [0, 0.05) is 37.0 Å². The summed E-state index contributed by atoms with van der Waals surface area (Å²) in [4.78, 5) is 18.2. The predicted octanol–water partition coefficient (Wildman–Crippen LogP) is 4.99. The minimum atomic E-state index is -0.305. The van der Waals surface area contributed by atoms with E-state index < -0.39 is 0 Å². The van der Waals surface area contributed by atoms with Gasteiger partial charge in [-0.3, -0.25) is 4.79 Å². The summed E-state index contributed by atoms with van der Waals surface area (Å²) in [6.07, 6.45) is 3.02. The number of halogens is 2. The normalized spacial score (nSPS) is 10.7. The summed E-state index contributed by atoms with van der Waals surface area (Å²) >= 11 is 5.84. The number of benzene rings is 2. The highest BCUT2D eigenvalue weighted by Crippen LogP contribution is 2.21. The molecule has 1 amide bonds. The third-order valence-corrected chi connectivity index (χ3v) is 4.63. The Morgan fingerprint density at radius 2 is 1.90 bits per heavy atom. The fourth-order valence-electron chi connectivity index (χ4n) is 2.73. The zero-order valence-electron chi connectivity index (χ0n) is 16.1. The third-order valence-electron chi connectivity index (χ3n) is 4.38. The zero-order valence-corrected chi connectivity index (χ0v) is 16.9. The molecule has 0 aliphatic rings. The van der Waals surface area contributed by atoms with Crippen molar-refractivity contribution in [1.82, 2.24) is 9.88 Å². The molecule has 0 N–H and O–H groups in total. The highest BCUT2D eigenvalue weighted by Gasteiger charge is 2.12. The van der Waals surface area contributed by atoms with Gasteiger partial charge in [-0.15, -0.1) is 0 Å². The minimum absolute atomic E-state index is 0.0121. The van der Waals surface area contributed by atoms with E-state index in [4.69, 9.17) is 20.8 Å². The van der Waals surface area contributed by atoms with Gasteiger partial charge < -0.3 is 14.1 Å². The molecule has 3 aromatic rings. The van der Waals surface area contributed by atoms with Gasteiger partial charge in [0.1, 0.15) is 11.6 Å². The maximum atomic E-state index is 13.0. The number of aryl methyl sites for hydroxylation is 1. The van der Waals surface area contributed by atoms with Crippen LogP contribution in [0.1, 0.15) is 18.7 Å². The lowest BCUT2D eigenvalue weighted by Crippen LogP contribution is -2.28. The van der Waals surface area contributed by atoms with Crippen LogP contribution in [0.25, 0.3) is 11.3 Å². The summed E-state index contributed by atoms with van der Waals surface area (Å²) < 4.78 is 24.3. The van der Waals surface area contributed by atoms with Crippen molar-refractivity contribution >= 4 is 17.5 Å². The van der Waals surface area contributed by atoms with Crippen LogP contribution >= 0.6 is 11.6 Å². The number of hydrogen-bond donors (Lipinski definition) is 0. The van der Waals surface area contributed by atoms with Crippen molar-refractivity contribution in [3.05, 3.63) is 71.5 Å². The van der Waals surface area contributed by atoms with E-state index in [9.17, 15) is 9.18 Å². The lowest BCUT2D eigenvalue weighted by Gasteiger charge is -2.17. The van der Waals surface area contributed by atoms with Crippen LogP contribution in [0.5, 0.6) is 5.75 Å². The van der Waals surface area contributed by atoms with Crippen molar-refractivity contribution in [2.75, 3.05) is 20.2 Å². The summed E-state index contributed by atoms with van der Waals surface area (Å²) in [5.74, 6) is 1.50. The molecule has 0 spiro atoms. The van der Waals surface area contributed by atoms with Crippen LogP contribution in [0.4, 0.5) is 4.39 Å². The Labute approximate surface area is 174 Å². The van der Waals surface area contributed by atoms with Crippen molar-refractivity contribution in [2.45, 2.75) is 19.3 Å². The first-order valence-corrected chi connectivity index (χ1v) is 9.72. The zero-order chi connectivity index (χ0) is 20.6. The van der Waals surface area contributed by atoms with Crippen molar-refractivity contribution in [3.8, 4) is 17.1 Å². The van der Waals surface area contributed by atoms with Gasteiger partial charge in [0.2, 0.25) is 5.91 Å². The van der Waals surface area contributed by atoms with E-state index in [2.05, 4.69) is 4.98 Å². The lowest BCUT2D eigenvalue weighted by atomic mass is 10.2. The number of aromatic nitrogens is 1. The van der Waals surface area contributed by atoms with Gasteiger partial charge in [-0.2, -0.15) is 0 Å². The average Bonchev–Trinajstić information content (AvgIpc) is 3.20. The minimum Gasteiger partial charge on any atom is -0.494 e. The van der Waals surface area contributed by atoms with Crippen LogP contribution in [0.15, 0.2) is 59.1 Å². The monoisotopic (exact) mass is 416 g/mol. The summed E-state index contributed by atoms with van der Waals surface area (Å²) in [6.45, 7) is 1.11. The van der Waals surface area contributed by atoms with Crippen LogP contribution in [0, 0.1) is 5.82 Å². The second-order valence-corrected chi connectivity index (χ2v) is 7.03. The summed E-state index contributed by atoms with van der Waals surface area (Å²) in [6, 6.07) is 13.2. The van der Waals surface area contributed by atoms with Gasteiger partial charge in [-0.25, -0.2) is 9.37 Å². The van der Waals surface area contributed by atoms with E-state index in [1.807, 2.05) is 12.1 Å². The summed E-state index contributed by atoms with van der Waals surface area (Å²) in [7, 11) is 1.77. The first-order valence-electron chi connectivity index (χ1n) is 9.34. The van der Waals surface area contributed by atoms with Crippen LogP contribution in [-0.4, -0.2) is 36.0 Å². The Morgan fingerprint density at radius 3 is 2.62 bits per heavy atom. The molecule has 0 atom stereocenters. The highest BCUT2D eigenvalue weighted by atomic mass is 35.5. The molecule has 0 fully saturated rings. The van der Waals surface area contributed by atoms with E-state index in [1.54, 1.807) is 42.4 Å². The Balaban J connectivity index is 1.38. The lowest BCUT2D eigenvalue weighted by molar-refractivity contribution is -0.130. The van der Waals surface area contributed by atoms with Crippen LogP contribution in [-0.2, 0) is 11.2 Å². The maximum Gasteiger partial charge on any atom is 0.222 e. The molecule has 2 aromatic carbocycles. The van der Waals surface area contributed by atoms with Gasteiger partial charge in [-0.05, 0) is 55.0 Å². The average molecular weight is 417 g/mol. The van der Waals surface area contributed by atoms with E-state index in [1.165, 1.54) is 12.1 Å². The Morgan fingerprint density at radius 1 is 1.17 bits per heavy atom. The summed E-state index contributed by atoms with van der Waals surface area (Å²) in [5, 5.41) is 0.665. The molecule has 0 aliphatic heterocycles. The molecule has 0 radical (unpaired) electrons. The first-order chi connectivity index (χ1) is 14.0. The molecule has 3 rings (SSSR count). The van der Waals surface area contributed by atoms with E-state index in [0.29, 0.717) is 42.7 Å². The standard InChI is InChI=1S/C22H22ClFN2O3/c1-26(13-2-14-28-19-9-5-17(23)6-10-19)22(27)12-11-21-25-15-20(29-21)16-3-7-18(24)8-4-16/h3-10,15H,2,11-14H2,1H3. The molecule has 1 aromatic heterocycles. The van der Waals surface area contributed by atoms with Gasteiger partial charge in [0.25, 0.3) is 0 Å². The van der Waals surface area contributed by atoms with Gasteiger partial charge in [0.15, 0.2) is 11.7 Å². The van der Waals surface area contributed by atoms with E-state index >= 15 is 0 Å². The molecule has 0 saturated carbocycles. The Bertz CT molecular complexity index is 926. The number of nitrogens with zero attached hydrogens (tertiary/aromatic N) is 2. The number of hydrogen-bond acceptors (Lipinski definition) is 4. The number of rotatable bonds is 9. The second kappa shape index (κ2) is 10.1. The third kappa shape index (κ3) is 6.32. The number of oxazole rings is 1. The number of amides is 1. The molecule has 0 saturated heterocycles. The largest absolute Gasteiger partial charge is 0.494 e. The van der Waals surface area contributed by atoms with E-state index in [0.717, 1.165) is 17.7 Å². The predicted molar refractivity (Wildman–Crippen MR) is 109 cm³/mol. The van der Waals surface area contributed by atoms with Gasteiger partial charge in [-0.1, -0.05) is 11.6 Å². The van der Waals surface area contributed by atoms with Gasteiger partial charge >= 0.3 is 0 Å². The molecular weight excluding hydrogens is 395 g/mol. The Kier molecular flexibility index (Phi) is 7.25. The van der Waals surface area contributed by atoms with Crippen molar-refractivity contribution < 1.29 is 18.3 Å². The van der Waals surface area contributed by atoms with Gasteiger partial charge in [0.05, 0.1) is 12.8 Å². The molecule has 7 heteroatoms. The van der Waals surface area contributed by atoms with Crippen LogP contribution in [0.2, 0.25) is 5.02 Å². The van der Waals surface area contributed by atoms with Crippen molar-refractivity contribution in [3.63, 3.8) is 0 Å². The molecule has 0 bridgehead atoms. The molecule has 0 aliphatic carbocycles. The second-order valence-electron chi connectivity index (χ2n) is 6.60. The smallest absolute Gasteiger partial charge is 0.222 e. The Hall–Kier alpha value is -2.86. The molecule has 5 nitrogen and oxygen atoms in total. The summed E-state index contributed by atoms with van der Waals surface area (Å²) in [5.41, 5.74) is 0.745. The van der Waals surface area contributed by atoms with E-state index in [-0.39, 0.29) is 11.7 Å². The fourth-order valence-corrected chi connectivity index (χ4v) is 2.85. The quantitative estimate of drug-likeness (QED) is 0.461. The number of carbonyl (C=O) groups is 1. The molecule has 29 heavy (non-hydrogen) atoms. The van der Waals surface area contributed by atoms with Crippen molar-refractivity contribution in [1.29, 1.82) is 0 Å². The number of ether oxygens (including phenoxy) is 1. The maximum absolute atomic E-state index is 13.0. The van der Waals surface area contributed by atoms with Crippen LogP contribution in [0.3, 0.4) is 0 Å². The molecule has 1 heterocycles. The van der Waals surface area contributed by atoms with Crippen LogP contribution < -0.4 is 4.74 Å². The number of carbonyl (C=O) groups excluding carboxylic acids is 1.